The third-order valence-corrected chi connectivity index (χ3v) is 2.17. The summed E-state index contributed by atoms with van der Waals surface area (Å²) in [5, 5.41) is 0. The van der Waals surface area contributed by atoms with Crippen LogP contribution in [0.5, 0.6) is 0 Å². The average molecular weight is 180 g/mol. The van der Waals surface area contributed by atoms with E-state index in [4.69, 9.17) is 0 Å². The molecule has 0 spiro atoms. The number of fused-ring (bicyclic) bond motifs is 1. The van der Waals surface area contributed by atoms with Crippen LogP contribution in [-0.4, -0.2) is 12.0 Å². The average Bonchev–Trinajstić information content (AvgIpc) is 2.41. The molecule has 0 saturated heterocycles. The molecule has 0 amide bonds. The molecule has 0 aromatic carbocycles. The summed E-state index contributed by atoms with van der Waals surface area (Å²) in [5.74, 6) is 0.139. The fraction of sp³-hybridized carbons (Fsp3) is 0.833. The van der Waals surface area contributed by atoms with E-state index in [9.17, 15) is 9.18 Å². The van der Waals surface area contributed by atoms with Gasteiger partial charge < -0.3 is 0 Å². The normalized spacial score (nSPS) is 41.9. The highest BCUT2D eigenvalue weighted by molar-refractivity contribution is 8.59. The molecule has 0 aromatic rings. The van der Waals surface area contributed by atoms with Gasteiger partial charge in [-0.05, 0) is 6.42 Å². The Labute approximate surface area is 69.6 Å². The third kappa shape index (κ3) is 1.19. The van der Waals surface area contributed by atoms with Crippen molar-refractivity contribution in [2.24, 2.45) is 11.8 Å². The van der Waals surface area contributed by atoms with Gasteiger partial charge in [0, 0.05) is 12.3 Å². The number of ketones is 1. The fourth-order valence-electron chi connectivity index (χ4n) is 1.56. The summed E-state index contributed by atoms with van der Waals surface area (Å²) in [6.45, 7) is 0. The van der Waals surface area contributed by atoms with Crippen molar-refractivity contribution in [3.05, 3.63) is 0 Å². The van der Waals surface area contributed by atoms with E-state index in [2.05, 4.69) is 23.3 Å². The van der Waals surface area contributed by atoms with Crippen LogP contribution in [0.2, 0.25) is 0 Å². The van der Waals surface area contributed by atoms with Gasteiger partial charge in [-0.2, -0.15) is 0 Å². The maximum Gasteiger partial charge on any atom is 0.139 e. The predicted octanol–water partition coefficient (Wildman–Crippen LogP) is 1.69. The van der Waals surface area contributed by atoms with Crippen molar-refractivity contribution in [2.75, 3.05) is 0 Å². The number of thiol groups is 2. The van der Waals surface area contributed by atoms with Crippen LogP contribution in [0.3, 0.4) is 0 Å². The Kier molecular flexibility index (Phi) is 2.63. The molecule has 4 heteroatoms. The Morgan fingerprint density at radius 1 is 1.50 bits per heavy atom. The number of carbonyl (C=O) groups excluding carboxylic acids is 1. The number of carbonyl (C=O) groups is 1. The SMILES string of the molecule is O=C1CCC2C(F)C12.SS. The first-order valence-electron chi connectivity index (χ1n) is 3.17. The maximum atomic E-state index is 12.3. The molecule has 0 heterocycles. The summed E-state index contributed by atoms with van der Waals surface area (Å²) in [6, 6.07) is 0. The van der Waals surface area contributed by atoms with Gasteiger partial charge in [-0.3, -0.25) is 4.79 Å². The minimum absolute atomic E-state index is 0.141. The third-order valence-electron chi connectivity index (χ3n) is 2.17. The lowest BCUT2D eigenvalue weighted by molar-refractivity contribution is -0.119. The summed E-state index contributed by atoms with van der Waals surface area (Å²) >= 11 is 6.44. The standard InChI is InChI=1S/C6H7FO.H2S2/c7-6-3-1-2-4(8)5(3)6;1-2/h3,5-6H,1-2H2;1-2H. The van der Waals surface area contributed by atoms with Crippen LogP contribution in [0.4, 0.5) is 4.39 Å². The van der Waals surface area contributed by atoms with Crippen LogP contribution >= 0.6 is 23.3 Å². The van der Waals surface area contributed by atoms with E-state index in [0.717, 1.165) is 6.42 Å². The van der Waals surface area contributed by atoms with Crippen molar-refractivity contribution in [3.63, 3.8) is 0 Å². The van der Waals surface area contributed by atoms with Crippen LogP contribution in [-0.2, 0) is 4.79 Å². The van der Waals surface area contributed by atoms with Gasteiger partial charge in [-0.1, -0.05) is 0 Å². The largest absolute Gasteiger partial charge is 0.299 e. The van der Waals surface area contributed by atoms with Gasteiger partial charge in [0.25, 0.3) is 0 Å². The molecule has 0 bridgehead atoms. The Bertz CT molecular complexity index is 151. The molecule has 1 nitrogen and oxygen atoms in total. The van der Waals surface area contributed by atoms with Crippen molar-refractivity contribution in [2.45, 2.75) is 19.0 Å². The predicted molar refractivity (Wildman–Crippen MR) is 44.1 cm³/mol. The van der Waals surface area contributed by atoms with E-state index in [1.54, 1.807) is 0 Å². The van der Waals surface area contributed by atoms with Gasteiger partial charge in [0.05, 0.1) is 5.92 Å². The van der Waals surface area contributed by atoms with E-state index in [-0.39, 0.29) is 17.6 Å². The molecular weight excluding hydrogens is 171 g/mol. The molecule has 10 heavy (non-hydrogen) atoms. The van der Waals surface area contributed by atoms with E-state index >= 15 is 0 Å². The topological polar surface area (TPSA) is 17.1 Å². The Hall–Kier alpha value is 0.300. The zero-order valence-corrected chi connectivity index (χ0v) is 7.12. The molecule has 2 saturated carbocycles. The first-order valence-corrected chi connectivity index (χ1v) is 4.77. The van der Waals surface area contributed by atoms with Crippen LogP contribution in [0.25, 0.3) is 0 Å². The lowest BCUT2D eigenvalue weighted by atomic mass is 10.2. The highest BCUT2D eigenvalue weighted by Crippen LogP contribution is 2.51. The molecule has 58 valence electrons. The second-order valence-electron chi connectivity index (χ2n) is 2.64. The maximum absolute atomic E-state index is 12.3. The molecule has 0 aliphatic heterocycles. The number of rotatable bonds is 0. The molecular formula is C6H9FOS2. The molecule has 2 aliphatic carbocycles. The molecule has 0 N–H and O–H groups in total. The Morgan fingerprint density at radius 2 is 2.10 bits per heavy atom. The number of hydrogen-bond donors (Lipinski definition) is 2. The van der Waals surface area contributed by atoms with Gasteiger partial charge in [0.15, 0.2) is 0 Å². The van der Waals surface area contributed by atoms with E-state index in [0.29, 0.717) is 6.42 Å². The first-order chi connectivity index (χ1) is 4.80. The first kappa shape index (κ1) is 8.40. The van der Waals surface area contributed by atoms with Gasteiger partial charge in [-0.25, -0.2) is 4.39 Å². The minimum atomic E-state index is -0.753. The van der Waals surface area contributed by atoms with Gasteiger partial charge in [0.2, 0.25) is 0 Å². The van der Waals surface area contributed by atoms with Crippen molar-refractivity contribution in [3.8, 4) is 0 Å². The van der Waals surface area contributed by atoms with Crippen LogP contribution < -0.4 is 0 Å². The number of hydrogen-bond acceptors (Lipinski definition) is 3. The van der Waals surface area contributed by atoms with Crippen LogP contribution in [0.1, 0.15) is 12.8 Å². The zero-order valence-electron chi connectivity index (χ0n) is 5.33. The second kappa shape index (κ2) is 3.13. The van der Waals surface area contributed by atoms with Gasteiger partial charge >= 0.3 is 0 Å². The highest BCUT2D eigenvalue weighted by atomic mass is 33.1. The van der Waals surface area contributed by atoms with E-state index in [1.165, 1.54) is 0 Å². The Morgan fingerprint density at radius 3 is 2.30 bits per heavy atom. The summed E-state index contributed by atoms with van der Waals surface area (Å²) in [7, 11) is 0. The van der Waals surface area contributed by atoms with Crippen LogP contribution in [0, 0.1) is 11.8 Å². The molecule has 2 fully saturated rings. The minimum Gasteiger partial charge on any atom is -0.299 e. The zero-order chi connectivity index (χ0) is 7.72. The summed E-state index contributed by atoms with van der Waals surface area (Å²) in [6.07, 6.45) is 0.691. The van der Waals surface area contributed by atoms with Crippen molar-refractivity contribution in [1.29, 1.82) is 0 Å². The number of Topliss-reactive ketones (excluding diaryl/α,β-unsaturated/α-hetero) is 1. The smallest absolute Gasteiger partial charge is 0.139 e. The molecule has 3 atom stereocenters. The number of halogens is 1. The molecule has 2 aliphatic rings. The van der Waals surface area contributed by atoms with Crippen LogP contribution in [0.15, 0.2) is 0 Å². The summed E-state index contributed by atoms with van der Waals surface area (Å²) < 4.78 is 12.3. The quantitative estimate of drug-likeness (QED) is 0.428. The lowest BCUT2D eigenvalue weighted by Gasteiger charge is -1.87. The van der Waals surface area contributed by atoms with E-state index < -0.39 is 6.17 Å². The molecule has 2 rings (SSSR count). The molecule has 3 unspecified atom stereocenters. The van der Waals surface area contributed by atoms with Gasteiger partial charge in [-0.15, -0.1) is 23.3 Å². The molecule has 0 aromatic heterocycles. The number of alkyl halides is 1. The van der Waals surface area contributed by atoms with Crippen molar-refractivity contribution in [1.82, 2.24) is 0 Å². The summed E-state index contributed by atoms with van der Waals surface area (Å²) in [5.41, 5.74) is 0. The monoisotopic (exact) mass is 180 g/mol. The fourth-order valence-corrected chi connectivity index (χ4v) is 1.56. The van der Waals surface area contributed by atoms with Crippen molar-refractivity contribution >= 4 is 29.1 Å². The van der Waals surface area contributed by atoms with E-state index in [1.807, 2.05) is 0 Å². The van der Waals surface area contributed by atoms with Crippen molar-refractivity contribution < 1.29 is 9.18 Å². The Balaban J connectivity index is 0.000000231. The molecule has 0 radical (unpaired) electrons. The highest BCUT2D eigenvalue weighted by Gasteiger charge is 2.58. The lowest BCUT2D eigenvalue weighted by Crippen LogP contribution is -1.98. The second-order valence-corrected chi connectivity index (χ2v) is 2.64. The summed E-state index contributed by atoms with van der Waals surface area (Å²) in [4.78, 5) is 10.6. The van der Waals surface area contributed by atoms with Gasteiger partial charge in [0.1, 0.15) is 12.0 Å².